The van der Waals surface area contributed by atoms with Gasteiger partial charge in [0.15, 0.2) is 11.3 Å². The van der Waals surface area contributed by atoms with E-state index in [1.165, 1.54) is 20.6 Å². The molecule has 3 rings (SSSR count). The van der Waals surface area contributed by atoms with Gasteiger partial charge in [-0.15, -0.1) is 5.06 Å². The maximum atomic E-state index is 12.9. The highest BCUT2D eigenvalue weighted by molar-refractivity contribution is 5.89. The molecule has 1 aliphatic carbocycles. The Balaban J connectivity index is 2.09. The number of esters is 2. The first-order valence-electron chi connectivity index (χ1n) is 8.35. The molecule has 1 saturated carbocycles. The fourth-order valence-corrected chi connectivity index (χ4v) is 3.79. The van der Waals surface area contributed by atoms with Crippen molar-refractivity contribution in [3.8, 4) is 5.75 Å². The van der Waals surface area contributed by atoms with Gasteiger partial charge in [0.1, 0.15) is 0 Å². The van der Waals surface area contributed by atoms with Gasteiger partial charge in [0, 0.05) is 11.6 Å². The number of carbonyl (C=O) groups is 2. The van der Waals surface area contributed by atoms with Crippen LogP contribution < -0.4 is 4.84 Å². The van der Waals surface area contributed by atoms with Crippen molar-refractivity contribution in [2.75, 3.05) is 14.2 Å². The quantitative estimate of drug-likeness (QED) is 0.789. The second kappa shape index (κ2) is 6.81. The lowest BCUT2D eigenvalue weighted by molar-refractivity contribution is -0.199. The monoisotopic (exact) mass is 333 g/mol. The lowest BCUT2D eigenvalue weighted by Crippen LogP contribution is -2.56. The van der Waals surface area contributed by atoms with E-state index in [0.717, 1.165) is 25.7 Å². The van der Waals surface area contributed by atoms with E-state index in [0.29, 0.717) is 11.3 Å². The molecule has 1 fully saturated rings. The highest BCUT2D eigenvalue weighted by atomic mass is 16.7. The van der Waals surface area contributed by atoms with Gasteiger partial charge in [-0.3, -0.25) is 4.79 Å². The van der Waals surface area contributed by atoms with Crippen LogP contribution in [0.15, 0.2) is 24.3 Å². The maximum absolute atomic E-state index is 12.9. The summed E-state index contributed by atoms with van der Waals surface area (Å²) in [5, 5.41) is 1.69. The number of ether oxygens (including phenoxy) is 2. The Morgan fingerprint density at radius 2 is 1.88 bits per heavy atom. The van der Waals surface area contributed by atoms with Gasteiger partial charge in [0.25, 0.3) is 0 Å². The topological polar surface area (TPSA) is 65.1 Å². The summed E-state index contributed by atoms with van der Waals surface area (Å²) in [5.74, 6) is -0.373. The molecule has 0 N–H and O–H groups in total. The van der Waals surface area contributed by atoms with Gasteiger partial charge in [-0.05, 0) is 18.9 Å². The molecule has 1 heterocycles. The number of nitrogens with zero attached hydrogens (tertiary/aromatic N) is 1. The van der Waals surface area contributed by atoms with E-state index in [1.54, 1.807) is 5.06 Å². The van der Waals surface area contributed by atoms with Crippen LogP contribution in [0.1, 0.15) is 44.1 Å². The molecule has 0 saturated heterocycles. The van der Waals surface area contributed by atoms with Gasteiger partial charge >= 0.3 is 11.9 Å². The van der Waals surface area contributed by atoms with Crippen LogP contribution in [-0.2, 0) is 24.6 Å². The average Bonchev–Trinajstić information content (AvgIpc) is 2.97. The second-order valence-corrected chi connectivity index (χ2v) is 6.31. The Morgan fingerprint density at radius 1 is 1.17 bits per heavy atom. The van der Waals surface area contributed by atoms with Crippen LogP contribution in [0.25, 0.3) is 0 Å². The largest absolute Gasteiger partial charge is 0.469 e. The van der Waals surface area contributed by atoms with E-state index in [4.69, 9.17) is 14.3 Å². The molecular formula is C18H23NO5. The highest BCUT2D eigenvalue weighted by Crippen LogP contribution is 2.48. The molecule has 6 heteroatoms. The fraction of sp³-hybridized carbons (Fsp3) is 0.556. The van der Waals surface area contributed by atoms with E-state index in [-0.39, 0.29) is 12.5 Å². The molecule has 0 spiro atoms. The highest BCUT2D eigenvalue weighted by Gasteiger charge is 2.58. The number of carbonyl (C=O) groups excluding carboxylic acids is 2. The molecule has 0 radical (unpaired) electrons. The van der Waals surface area contributed by atoms with Crippen molar-refractivity contribution in [1.29, 1.82) is 0 Å². The molecule has 1 aliphatic heterocycles. The summed E-state index contributed by atoms with van der Waals surface area (Å²) in [6.45, 7) is 0. The number of benzene rings is 1. The van der Waals surface area contributed by atoms with Gasteiger partial charge in [-0.25, -0.2) is 4.79 Å². The number of hydrogen-bond acceptors (Lipinski definition) is 6. The van der Waals surface area contributed by atoms with Crippen LogP contribution in [0.2, 0.25) is 0 Å². The number of hydroxylamine groups is 2. The van der Waals surface area contributed by atoms with Crippen molar-refractivity contribution in [1.82, 2.24) is 5.06 Å². The Morgan fingerprint density at radius 3 is 2.54 bits per heavy atom. The zero-order valence-electron chi connectivity index (χ0n) is 14.1. The zero-order valence-corrected chi connectivity index (χ0v) is 14.1. The molecule has 2 aliphatic rings. The van der Waals surface area contributed by atoms with Crippen molar-refractivity contribution >= 4 is 11.9 Å². The minimum atomic E-state index is -1.29. The number of rotatable bonds is 4. The first-order valence-corrected chi connectivity index (χ1v) is 8.35. The first-order chi connectivity index (χ1) is 11.6. The molecule has 6 nitrogen and oxygen atoms in total. The fourth-order valence-electron chi connectivity index (χ4n) is 3.79. The maximum Gasteiger partial charge on any atom is 0.335 e. The van der Waals surface area contributed by atoms with Gasteiger partial charge in [-0.2, -0.15) is 0 Å². The predicted molar refractivity (Wildman–Crippen MR) is 86.1 cm³/mol. The van der Waals surface area contributed by atoms with E-state index < -0.39 is 17.5 Å². The van der Waals surface area contributed by atoms with E-state index in [9.17, 15) is 9.59 Å². The second-order valence-electron chi connectivity index (χ2n) is 6.31. The molecule has 1 atom stereocenters. The van der Waals surface area contributed by atoms with Gasteiger partial charge in [0.2, 0.25) is 0 Å². The minimum Gasteiger partial charge on any atom is -0.469 e. The van der Waals surface area contributed by atoms with E-state index in [1.807, 2.05) is 24.3 Å². The van der Waals surface area contributed by atoms with Crippen molar-refractivity contribution in [3.05, 3.63) is 29.8 Å². The Hall–Kier alpha value is -2.08. The van der Waals surface area contributed by atoms with Crippen molar-refractivity contribution in [2.24, 2.45) is 0 Å². The van der Waals surface area contributed by atoms with E-state index in [2.05, 4.69) is 0 Å². The zero-order chi connectivity index (χ0) is 17.2. The summed E-state index contributed by atoms with van der Waals surface area (Å²) in [6, 6.07) is 7.38. The summed E-state index contributed by atoms with van der Waals surface area (Å²) in [6.07, 6.45) is 5.05. The third-order valence-electron chi connectivity index (χ3n) is 4.96. The summed E-state index contributed by atoms with van der Waals surface area (Å²) in [4.78, 5) is 31.0. The molecule has 1 unspecified atom stereocenters. The third kappa shape index (κ3) is 2.65. The van der Waals surface area contributed by atoms with Crippen LogP contribution in [0.4, 0.5) is 0 Å². The Bertz CT molecular complexity index is 626. The molecule has 1 aromatic rings. The normalized spacial score (nSPS) is 24.1. The third-order valence-corrected chi connectivity index (χ3v) is 4.96. The van der Waals surface area contributed by atoms with Crippen LogP contribution >= 0.6 is 0 Å². The van der Waals surface area contributed by atoms with Gasteiger partial charge in [-0.1, -0.05) is 37.5 Å². The van der Waals surface area contributed by atoms with Crippen LogP contribution in [0.5, 0.6) is 5.75 Å². The predicted octanol–water partition coefficient (Wildman–Crippen LogP) is 2.56. The number of methoxy groups -OCH3 is 2. The summed E-state index contributed by atoms with van der Waals surface area (Å²) >= 11 is 0. The lowest BCUT2D eigenvalue weighted by Gasteiger charge is -2.39. The van der Waals surface area contributed by atoms with Gasteiger partial charge < -0.3 is 14.3 Å². The molecule has 0 amide bonds. The summed E-state index contributed by atoms with van der Waals surface area (Å²) in [5.41, 5.74) is -0.631. The average molecular weight is 333 g/mol. The Labute approximate surface area is 141 Å². The molecule has 0 bridgehead atoms. The van der Waals surface area contributed by atoms with Crippen LogP contribution in [0, 0.1) is 0 Å². The van der Waals surface area contributed by atoms with Crippen molar-refractivity contribution < 1.29 is 23.9 Å². The molecule has 0 aromatic heterocycles. The number of para-hydroxylation sites is 1. The molecule has 24 heavy (non-hydrogen) atoms. The van der Waals surface area contributed by atoms with Crippen LogP contribution in [-0.4, -0.2) is 37.3 Å². The molecule has 130 valence electrons. The standard InChI is InChI=1S/C18H23NO5/c1-22-16(20)12-18(17(21)23-2)14-10-6-7-11-15(14)24-19(18)13-8-4-3-5-9-13/h6-7,10-11,13H,3-5,8-9,12H2,1-2H3. The molecule has 1 aromatic carbocycles. The van der Waals surface area contributed by atoms with Crippen LogP contribution in [0.3, 0.4) is 0 Å². The number of hydrogen-bond donors (Lipinski definition) is 0. The van der Waals surface area contributed by atoms with Crippen molar-refractivity contribution in [3.63, 3.8) is 0 Å². The number of fused-ring (bicyclic) bond motifs is 1. The SMILES string of the molecule is COC(=O)CC1(C(=O)OC)c2ccccc2ON1C1CCCCC1. The lowest BCUT2D eigenvalue weighted by atomic mass is 9.83. The summed E-state index contributed by atoms with van der Waals surface area (Å²) in [7, 11) is 2.65. The smallest absolute Gasteiger partial charge is 0.335 e. The summed E-state index contributed by atoms with van der Waals surface area (Å²) < 4.78 is 9.95. The van der Waals surface area contributed by atoms with Crippen molar-refractivity contribution in [2.45, 2.75) is 50.1 Å². The Kier molecular flexibility index (Phi) is 4.76. The van der Waals surface area contributed by atoms with Gasteiger partial charge in [0.05, 0.1) is 20.6 Å². The molecular weight excluding hydrogens is 310 g/mol. The van der Waals surface area contributed by atoms with E-state index >= 15 is 0 Å². The first kappa shape index (κ1) is 16.8. The minimum absolute atomic E-state index is 0.0647.